The predicted molar refractivity (Wildman–Crippen MR) is 72.8 cm³/mol. The molecule has 0 radical (unpaired) electrons. The number of aromatic amines is 1. The van der Waals surface area contributed by atoms with E-state index in [4.69, 9.17) is 0 Å². The van der Waals surface area contributed by atoms with Gasteiger partial charge in [0.15, 0.2) is 0 Å². The molecule has 0 fully saturated rings. The topological polar surface area (TPSA) is 45.8 Å². The first kappa shape index (κ1) is 14.2. The Labute approximate surface area is 121 Å². The number of H-pyrrole nitrogens is 1. The van der Waals surface area contributed by atoms with Crippen molar-refractivity contribution in [3.63, 3.8) is 0 Å². The molecule has 0 bridgehead atoms. The summed E-state index contributed by atoms with van der Waals surface area (Å²) < 4.78 is 51.5. The molecule has 0 atom stereocenters. The van der Waals surface area contributed by atoms with E-state index < -0.39 is 23.1 Å². The molecule has 3 aromatic rings. The minimum atomic E-state index is -4.44. The summed E-state index contributed by atoms with van der Waals surface area (Å²) in [5.41, 5.74) is -0.928. The number of alkyl halides is 3. The SMILES string of the molecule is O=c1[nH]nc(-c2ccc(C(F)(F)F)cc2)c2cccc(F)c12. The number of nitrogens with one attached hydrogen (secondary N) is 1. The first-order chi connectivity index (χ1) is 10.4. The fourth-order valence-corrected chi connectivity index (χ4v) is 2.21. The Balaban J connectivity index is 2.21. The molecular weight excluding hydrogens is 300 g/mol. The largest absolute Gasteiger partial charge is 0.416 e. The molecule has 0 aliphatic carbocycles. The van der Waals surface area contributed by atoms with Gasteiger partial charge in [-0.25, -0.2) is 9.49 Å². The van der Waals surface area contributed by atoms with Crippen LogP contribution < -0.4 is 5.56 Å². The monoisotopic (exact) mass is 308 g/mol. The molecule has 0 aliphatic rings. The molecule has 0 aliphatic heterocycles. The second-order valence-electron chi connectivity index (χ2n) is 4.64. The summed E-state index contributed by atoms with van der Waals surface area (Å²) in [4.78, 5) is 11.7. The number of halogens is 4. The average molecular weight is 308 g/mol. The highest BCUT2D eigenvalue weighted by Crippen LogP contribution is 2.32. The summed E-state index contributed by atoms with van der Waals surface area (Å²) in [5, 5.41) is 6.05. The molecule has 3 rings (SSSR count). The lowest BCUT2D eigenvalue weighted by Crippen LogP contribution is -2.11. The molecule has 2 aromatic carbocycles. The molecule has 3 nitrogen and oxygen atoms in total. The minimum absolute atomic E-state index is 0.174. The molecule has 0 spiro atoms. The van der Waals surface area contributed by atoms with Gasteiger partial charge in [-0.05, 0) is 18.2 Å². The highest BCUT2D eigenvalue weighted by atomic mass is 19.4. The molecule has 0 saturated heterocycles. The summed E-state index contributed by atoms with van der Waals surface area (Å²) in [5.74, 6) is -0.714. The maximum Gasteiger partial charge on any atom is 0.416 e. The van der Waals surface area contributed by atoms with Crippen LogP contribution in [0.1, 0.15) is 5.56 Å². The number of hydrogen-bond acceptors (Lipinski definition) is 2. The van der Waals surface area contributed by atoms with Crippen LogP contribution in [0.3, 0.4) is 0 Å². The average Bonchev–Trinajstić information content (AvgIpc) is 2.47. The maximum atomic E-state index is 13.8. The molecule has 7 heteroatoms. The van der Waals surface area contributed by atoms with Gasteiger partial charge in [-0.2, -0.15) is 18.3 Å². The molecule has 0 amide bonds. The van der Waals surface area contributed by atoms with Crippen molar-refractivity contribution in [2.24, 2.45) is 0 Å². The van der Waals surface area contributed by atoms with Crippen molar-refractivity contribution < 1.29 is 17.6 Å². The predicted octanol–water partition coefficient (Wildman–Crippen LogP) is 3.75. The summed E-state index contributed by atoms with van der Waals surface area (Å²) in [6.07, 6.45) is -4.44. The van der Waals surface area contributed by atoms with E-state index >= 15 is 0 Å². The summed E-state index contributed by atoms with van der Waals surface area (Å²) in [6.45, 7) is 0. The van der Waals surface area contributed by atoms with E-state index in [0.29, 0.717) is 5.56 Å². The van der Waals surface area contributed by atoms with Gasteiger partial charge < -0.3 is 0 Å². The lowest BCUT2D eigenvalue weighted by atomic mass is 10.0. The van der Waals surface area contributed by atoms with Crippen molar-refractivity contribution in [2.45, 2.75) is 6.18 Å². The standard InChI is InChI=1S/C15H8F4N2O/c16-11-3-1-2-10-12(11)14(22)21-20-13(10)8-4-6-9(7-5-8)15(17,18)19/h1-7H,(H,21,22). The van der Waals surface area contributed by atoms with E-state index in [2.05, 4.69) is 10.2 Å². The van der Waals surface area contributed by atoms with Crippen molar-refractivity contribution in [1.29, 1.82) is 0 Å². The van der Waals surface area contributed by atoms with Gasteiger partial charge in [-0.1, -0.05) is 24.3 Å². The summed E-state index contributed by atoms with van der Waals surface area (Å²) >= 11 is 0. The van der Waals surface area contributed by atoms with Crippen LogP contribution in [-0.2, 0) is 6.18 Å². The van der Waals surface area contributed by atoms with Gasteiger partial charge in [0.25, 0.3) is 5.56 Å². The third-order valence-electron chi connectivity index (χ3n) is 3.25. The molecule has 1 aromatic heterocycles. The fourth-order valence-electron chi connectivity index (χ4n) is 2.21. The van der Waals surface area contributed by atoms with Crippen LogP contribution in [0.2, 0.25) is 0 Å². The zero-order chi connectivity index (χ0) is 15.9. The molecule has 1 heterocycles. The van der Waals surface area contributed by atoms with E-state index in [0.717, 1.165) is 18.2 Å². The Hall–Kier alpha value is -2.70. The smallest absolute Gasteiger partial charge is 0.267 e. The van der Waals surface area contributed by atoms with E-state index in [1.807, 2.05) is 0 Å². The molecular formula is C15H8F4N2O. The zero-order valence-electron chi connectivity index (χ0n) is 10.9. The molecule has 1 N–H and O–H groups in total. The third kappa shape index (κ3) is 2.34. The second kappa shape index (κ2) is 4.94. The lowest BCUT2D eigenvalue weighted by Gasteiger charge is -2.09. The van der Waals surface area contributed by atoms with Gasteiger partial charge in [-0.15, -0.1) is 0 Å². The van der Waals surface area contributed by atoms with Crippen molar-refractivity contribution in [2.75, 3.05) is 0 Å². The Morgan fingerprint density at radius 1 is 1.00 bits per heavy atom. The zero-order valence-corrected chi connectivity index (χ0v) is 10.9. The minimum Gasteiger partial charge on any atom is -0.267 e. The van der Waals surface area contributed by atoms with Gasteiger partial charge in [0.2, 0.25) is 0 Å². The highest BCUT2D eigenvalue weighted by molar-refractivity contribution is 5.93. The highest BCUT2D eigenvalue weighted by Gasteiger charge is 2.30. The number of rotatable bonds is 1. The van der Waals surface area contributed by atoms with Crippen LogP contribution in [0.15, 0.2) is 47.3 Å². The lowest BCUT2D eigenvalue weighted by molar-refractivity contribution is -0.137. The number of hydrogen-bond donors (Lipinski definition) is 1. The second-order valence-corrected chi connectivity index (χ2v) is 4.64. The van der Waals surface area contributed by atoms with E-state index in [1.54, 1.807) is 0 Å². The molecule has 112 valence electrons. The number of nitrogens with zero attached hydrogens (tertiary/aromatic N) is 1. The number of benzene rings is 2. The molecule has 0 unspecified atom stereocenters. The van der Waals surface area contributed by atoms with Crippen LogP contribution in [0, 0.1) is 5.82 Å². The molecule has 0 saturated carbocycles. The summed E-state index contributed by atoms with van der Waals surface area (Å²) in [6, 6.07) is 8.32. The van der Waals surface area contributed by atoms with Crippen LogP contribution >= 0.6 is 0 Å². The van der Waals surface area contributed by atoms with Crippen molar-refractivity contribution >= 4 is 10.8 Å². The van der Waals surface area contributed by atoms with Crippen molar-refractivity contribution in [3.8, 4) is 11.3 Å². The van der Waals surface area contributed by atoms with Crippen LogP contribution in [0.4, 0.5) is 17.6 Å². The van der Waals surface area contributed by atoms with E-state index in [-0.39, 0.29) is 16.5 Å². The Kier molecular flexibility index (Phi) is 3.20. The van der Waals surface area contributed by atoms with Crippen LogP contribution in [0.25, 0.3) is 22.0 Å². The van der Waals surface area contributed by atoms with E-state index in [9.17, 15) is 22.4 Å². The van der Waals surface area contributed by atoms with Gasteiger partial charge in [-0.3, -0.25) is 4.79 Å². The van der Waals surface area contributed by atoms with Gasteiger partial charge in [0.05, 0.1) is 16.6 Å². The number of aromatic nitrogens is 2. The quantitative estimate of drug-likeness (QED) is 0.696. The molecule has 22 heavy (non-hydrogen) atoms. The maximum absolute atomic E-state index is 13.8. The normalized spacial score (nSPS) is 11.8. The van der Waals surface area contributed by atoms with Crippen molar-refractivity contribution in [1.82, 2.24) is 10.2 Å². The van der Waals surface area contributed by atoms with Gasteiger partial charge in [0.1, 0.15) is 5.82 Å². The van der Waals surface area contributed by atoms with Crippen molar-refractivity contribution in [3.05, 3.63) is 64.2 Å². The first-order valence-electron chi connectivity index (χ1n) is 6.22. The van der Waals surface area contributed by atoms with Crippen LogP contribution in [-0.4, -0.2) is 10.2 Å². The van der Waals surface area contributed by atoms with Gasteiger partial charge >= 0.3 is 6.18 Å². The fraction of sp³-hybridized carbons (Fsp3) is 0.0667. The first-order valence-corrected chi connectivity index (χ1v) is 6.22. The Morgan fingerprint density at radius 2 is 1.68 bits per heavy atom. The Morgan fingerprint density at radius 3 is 2.32 bits per heavy atom. The van der Waals surface area contributed by atoms with Crippen LogP contribution in [0.5, 0.6) is 0 Å². The Bertz CT molecular complexity index is 898. The third-order valence-corrected chi connectivity index (χ3v) is 3.25. The summed E-state index contributed by atoms with van der Waals surface area (Å²) in [7, 11) is 0. The van der Waals surface area contributed by atoms with Gasteiger partial charge in [0, 0.05) is 10.9 Å². The number of fused-ring (bicyclic) bond motifs is 1. The van der Waals surface area contributed by atoms with E-state index in [1.165, 1.54) is 24.3 Å².